The predicted octanol–water partition coefficient (Wildman–Crippen LogP) is 12.6. The zero-order valence-electron chi connectivity index (χ0n) is 56.7. The molecule has 0 saturated carbocycles. The number of nitrogens with zero attached hydrogens (tertiary/aromatic N) is 12. The van der Waals surface area contributed by atoms with E-state index in [9.17, 15) is 48.0 Å². The first-order chi connectivity index (χ1) is 49.4. The number of halogens is 1. The number of fused-ring (bicyclic) bond motifs is 6. The van der Waals surface area contributed by atoms with Crippen LogP contribution in [-0.4, -0.2) is 137 Å². The van der Waals surface area contributed by atoms with Crippen LogP contribution in [0.15, 0.2) is 200 Å². The molecule has 0 spiro atoms. The fraction of sp³-hybridized carbons (Fsp3) is 0.241. The number of benzene rings is 9. The largest absolute Gasteiger partial charge is 0.481 e. The molecule has 0 aliphatic carbocycles. The van der Waals surface area contributed by atoms with E-state index in [1.54, 1.807) is 14.0 Å². The summed E-state index contributed by atoms with van der Waals surface area (Å²) in [5.41, 5.74) is 19.2. The monoisotopic (exact) mass is 1390 g/mol. The van der Waals surface area contributed by atoms with Crippen LogP contribution < -0.4 is 0 Å². The van der Waals surface area contributed by atoms with Gasteiger partial charge in [-0.1, -0.05) is 143 Å². The number of carboxylic acids is 3. The molecule has 23 heteroatoms. The topological polar surface area (TPSA) is 265 Å². The number of aryl methyl sites for hydroxylation is 3. The second-order valence-electron chi connectivity index (χ2n) is 25.6. The standard InChI is InChI=1S/3C26H24N4O3.CH3FS/c3*1-29-24-10-9-20(14-23(24)27-28-29)22(15-25(31)32)19-8-7-17-11-12-30(16-21(17)13-19)26(33)18-5-3-2-4-6-18;1-3-2/h3*2-10,13-14,22H,11-12,15-16H2,1H3,(H,31,32);1H3/t2*22-;;/m10../s1. The van der Waals surface area contributed by atoms with Crippen molar-refractivity contribution in [3.63, 3.8) is 0 Å². The Morgan fingerprint density at radius 3 is 0.873 bits per heavy atom. The molecule has 102 heavy (non-hydrogen) atoms. The van der Waals surface area contributed by atoms with Gasteiger partial charge in [0, 0.05) is 113 Å². The van der Waals surface area contributed by atoms with Crippen molar-refractivity contribution < 1.29 is 48.0 Å². The van der Waals surface area contributed by atoms with Gasteiger partial charge in [0.05, 0.1) is 35.8 Å². The molecule has 3 N–H and O–H groups in total. The highest BCUT2D eigenvalue weighted by Crippen LogP contribution is 2.37. The fourth-order valence-corrected chi connectivity index (χ4v) is 13.8. The first kappa shape index (κ1) is 70.2. The maximum Gasteiger partial charge on any atom is 0.304 e. The highest BCUT2D eigenvalue weighted by Gasteiger charge is 2.29. The lowest BCUT2D eigenvalue weighted by atomic mass is 9.85. The van der Waals surface area contributed by atoms with Crippen LogP contribution in [0, 0.1) is 0 Å². The maximum absolute atomic E-state index is 13.0. The van der Waals surface area contributed by atoms with E-state index in [1.807, 2.05) is 200 Å². The summed E-state index contributed by atoms with van der Waals surface area (Å²) < 4.78 is 15.3. The van der Waals surface area contributed by atoms with Gasteiger partial charge < -0.3 is 30.0 Å². The third-order valence-corrected chi connectivity index (χ3v) is 19.1. The molecule has 3 aliphatic heterocycles. The minimum Gasteiger partial charge on any atom is -0.481 e. The molecular weight excluding hydrogens is 1310 g/mol. The molecule has 21 nitrogen and oxygen atoms in total. The van der Waals surface area contributed by atoms with E-state index in [4.69, 9.17) is 0 Å². The van der Waals surface area contributed by atoms with Gasteiger partial charge in [-0.25, -0.2) is 14.0 Å². The fourth-order valence-electron chi connectivity index (χ4n) is 13.8. The van der Waals surface area contributed by atoms with Crippen molar-refractivity contribution in [1.29, 1.82) is 0 Å². The second kappa shape index (κ2) is 31.6. The smallest absolute Gasteiger partial charge is 0.304 e. The average Bonchev–Trinajstić information content (AvgIpc) is 1.73. The van der Waals surface area contributed by atoms with Crippen molar-refractivity contribution in [1.82, 2.24) is 59.7 Å². The van der Waals surface area contributed by atoms with Gasteiger partial charge in [-0.3, -0.25) is 28.8 Å². The second-order valence-corrected chi connectivity index (χ2v) is 25.9. The Kier molecular flexibility index (Phi) is 21.8. The quantitative estimate of drug-likeness (QED) is 0.0861. The average molecular weight is 1390 g/mol. The van der Waals surface area contributed by atoms with Crippen LogP contribution in [0.2, 0.25) is 0 Å². The van der Waals surface area contributed by atoms with Crippen LogP contribution in [-0.2, 0) is 74.4 Å². The summed E-state index contributed by atoms with van der Waals surface area (Å²) in [6.45, 7) is 3.55. The molecule has 1 unspecified atom stereocenters. The number of carboxylic acid groups (broad SMARTS) is 3. The van der Waals surface area contributed by atoms with Crippen LogP contribution in [0.4, 0.5) is 3.89 Å². The molecule has 0 saturated heterocycles. The Bertz CT molecular complexity index is 4570. The number of rotatable bonds is 15. The van der Waals surface area contributed by atoms with Gasteiger partial charge in [-0.15, -0.1) is 15.3 Å². The number of amides is 3. The van der Waals surface area contributed by atoms with Crippen molar-refractivity contribution in [2.24, 2.45) is 21.1 Å². The van der Waals surface area contributed by atoms with Gasteiger partial charge in [0.15, 0.2) is 0 Å². The SMILES string of the molecule is CSF.Cn1nnc2cc(C(CC(=O)O)c3ccc4c(c3)CN(C(=O)c3ccccc3)CC4)ccc21.Cn1nnc2cc([C@@H](CC(=O)O)c3ccc4c(c3)CN(C(=O)c3ccccc3)CC4)ccc21.Cn1nnc2cc([C@H](CC(=O)O)c3ccc4c(c3)CN(C(=O)c3ccccc3)CC4)ccc21. The van der Waals surface area contributed by atoms with Crippen LogP contribution in [0.5, 0.6) is 0 Å². The van der Waals surface area contributed by atoms with Gasteiger partial charge >= 0.3 is 17.9 Å². The normalized spacial score (nSPS) is 13.9. The van der Waals surface area contributed by atoms with E-state index in [-0.39, 0.29) is 66.9 Å². The van der Waals surface area contributed by atoms with Crippen molar-refractivity contribution in [3.05, 3.63) is 284 Å². The van der Waals surface area contributed by atoms with Crippen LogP contribution in [0.25, 0.3) is 33.1 Å². The Balaban J connectivity index is 0.000000142. The van der Waals surface area contributed by atoms with Crippen molar-refractivity contribution in [3.8, 4) is 0 Å². The lowest BCUT2D eigenvalue weighted by molar-refractivity contribution is -0.138. The molecule has 0 fully saturated rings. The number of hydrogen-bond acceptors (Lipinski definition) is 13. The first-order valence-corrected chi connectivity index (χ1v) is 34.6. The summed E-state index contributed by atoms with van der Waals surface area (Å²) >= 11 is 0.250. The first-order valence-electron chi connectivity index (χ1n) is 33.5. The van der Waals surface area contributed by atoms with Gasteiger partial charge in [0.2, 0.25) is 0 Å². The molecule has 15 rings (SSSR count). The summed E-state index contributed by atoms with van der Waals surface area (Å²) in [6.07, 6.45) is 3.63. The Morgan fingerprint density at radius 1 is 0.373 bits per heavy atom. The molecule has 3 aliphatic rings. The summed E-state index contributed by atoms with van der Waals surface area (Å²) in [5, 5.41) is 53.6. The molecule has 0 bridgehead atoms. The van der Waals surface area contributed by atoms with Gasteiger partial charge in [0.1, 0.15) is 16.6 Å². The maximum atomic E-state index is 13.0. The molecule has 3 atom stereocenters. The third-order valence-electron chi connectivity index (χ3n) is 19.1. The molecule has 12 aromatic rings. The molecule has 9 aromatic carbocycles. The molecule has 3 aromatic heterocycles. The Labute approximate surface area is 592 Å². The third kappa shape index (κ3) is 16.1. The van der Waals surface area contributed by atoms with E-state index < -0.39 is 17.9 Å². The number of carbonyl (C=O) groups is 6. The van der Waals surface area contributed by atoms with E-state index in [2.05, 4.69) is 67.3 Å². The number of aliphatic carboxylic acids is 3. The van der Waals surface area contributed by atoms with Crippen LogP contribution in [0.3, 0.4) is 0 Å². The predicted molar refractivity (Wildman–Crippen MR) is 386 cm³/mol. The number of hydrogen-bond donors (Lipinski definition) is 3. The molecule has 0 radical (unpaired) electrons. The van der Waals surface area contributed by atoms with Crippen molar-refractivity contribution >= 4 is 80.9 Å². The number of carbonyl (C=O) groups excluding carboxylic acids is 3. The van der Waals surface area contributed by atoms with E-state index >= 15 is 0 Å². The highest BCUT2D eigenvalue weighted by molar-refractivity contribution is 7.93. The zero-order valence-corrected chi connectivity index (χ0v) is 57.5. The van der Waals surface area contributed by atoms with E-state index in [0.29, 0.717) is 56.0 Å². The molecule has 3 amide bonds. The van der Waals surface area contributed by atoms with Crippen molar-refractivity contribution in [2.45, 2.75) is 75.9 Å². The van der Waals surface area contributed by atoms with Gasteiger partial charge in [-0.05, 0) is 159 Å². The molecule has 518 valence electrons. The van der Waals surface area contributed by atoms with Crippen molar-refractivity contribution in [2.75, 3.05) is 25.9 Å². The summed E-state index contributed by atoms with van der Waals surface area (Å²) in [6, 6.07) is 63.8. The summed E-state index contributed by atoms with van der Waals surface area (Å²) in [7, 11) is 5.49. The zero-order chi connectivity index (χ0) is 71.6. The van der Waals surface area contributed by atoms with Gasteiger partial charge in [0.25, 0.3) is 17.7 Å². The Morgan fingerprint density at radius 2 is 0.618 bits per heavy atom. The lowest BCUT2D eigenvalue weighted by Crippen LogP contribution is -2.36. The minimum atomic E-state index is -0.863. The minimum absolute atomic E-state index is 0.0156. The summed E-state index contributed by atoms with van der Waals surface area (Å²) in [5.74, 6) is -3.50. The molecule has 6 heterocycles. The molecular formula is C79H75FN12O9S. The number of aromatic nitrogens is 9. The van der Waals surface area contributed by atoms with E-state index in [0.717, 1.165) is 102 Å². The Hall–Kier alpha value is -11.7. The van der Waals surface area contributed by atoms with Gasteiger partial charge in [-0.2, -0.15) is 3.89 Å². The summed E-state index contributed by atoms with van der Waals surface area (Å²) in [4.78, 5) is 79.6. The van der Waals surface area contributed by atoms with Crippen LogP contribution >= 0.6 is 12.1 Å². The lowest BCUT2D eigenvalue weighted by Gasteiger charge is -2.30. The van der Waals surface area contributed by atoms with Crippen LogP contribution in [0.1, 0.15) is 135 Å². The van der Waals surface area contributed by atoms with E-state index in [1.165, 1.54) is 22.9 Å². The highest BCUT2D eigenvalue weighted by atomic mass is 32.2.